The van der Waals surface area contributed by atoms with Gasteiger partial charge < -0.3 is 20.1 Å². The van der Waals surface area contributed by atoms with Crippen molar-refractivity contribution in [2.75, 3.05) is 6.61 Å². The van der Waals surface area contributed by atoms with E-state index in [0.29, 0.717) is 0 Å². The lowest BCUT2D eigenvalue weighted by Crippen LogP contribution is -2.38. The summed E-state index contributed by atoms with van der Waals surface area (Å²) in [5.41, 5.74) is -1.59. The summed E-state index contributed by atoms with van der Waals surface area (Å²) in [6.45, 7) is -0.513. The van der Waals surface area contributed by atoms with E-state index < -0.39 is 42.4 Å². The molecule has 9 heteroatoms. The Balaban J connectivity index is 2.42. The molecule has 1 saturated heterocycles. The van der Waals surface area contributed by atoms with Crippen LogP contribution in [0.5, 0.6) is 0 Å². The molecule has 0 aliphatic carbocycles. The molecule has 1 aromatic heterocycles. The highest BCUT2D eigenvalue weighted by Gasteiger charge is 2.43. The summed E-state index contributed by atoms with van der Waals surface area (Å²) in [7, 11) is 0. The first kappa shape index (κ1) is 13.2. The van der Waals surface area contributed by atoms with Gasteiger partial charge in [0.25, 0.3) is 5.56 Å². The van der Waals surface area contributed by atoms with Gasteiger partial charge in [0.05, 0.1) is 6.61 Å². The van der Waals surface area contributed by atoms with Crippen molar-refractivity contribution < 1.29 is 20.1 Å². The lowest BCUT2D eigenvalue weighted by atomic mass is 10.1. The van der Waals surface area contributed by atoms with Gasteiger partial charge in [-0.2, -0.15) is 0 Å². The maximum absolute atomic E-state index is 11.5. The van der Waals surface area contributed by atoms with Gasteiger partial charge in [0.2, 0.25) is 0 Å². The number of ether oxygens (including phenoxy) is 1. The van der Waals surface area contributed by atoms with Crippen LogP contribution in [0.15, 0.2) is 15.8 Å². The third kappa shape index (κ3) is 2.08. The van der Waals surface area contributed by atoms with Crippen LogP contribution in [0.4, 0.5) is 0 Å². The van der Waals surface area contributed by atoms with Crippen LogP contribution in [0, 0.1) is 0 Å². The summed E-state index contributed by atoms with van der Waals surface area (Å²) < 4.78 is 5.98. The van der Waals surface area contributed by atoms with E-state index in [1.165, 1.54) is 0 Å². The second kappa shape index (κ2) is 4.82. The number of nitrogens with zero attached hydrogens (tertiary/aromatic N) is 1. The second-order valence-corrected chi connectivity index (χ2v) is 4.28. The zero-order chi connectivity index (χ0) is 13.4. The predicted molar refractivity (Wildman–Crippen MR) is 59.3 cm³/mol. The summed E-state index contributed by atoms with van der Waals surface area (Å²) in [6, 6.07) is 0. The summed E-state index contributed by atoms with van der Waals surface area (Å²) in [4.78, 5) is 24.6. The molecule has 1 aromatic rings. The Morgan fingerprint density at radius 3 is 2.61 bits per heavy atom. The fraction of sp³-hybridized carbons (Fsp3) is 0.556. The SMILES string of the molecule is O=c1[nH]c(=O)n([C@@H]2O[C@@H](CO)[C@@H](O)[C@@H]2O)cc1Cl. The van der Waals surface area contributed by atoms with Crippen LogP contribution in [0.25, 0.3) is 0 Å². The molecule has 4 atom stereocenters. The fourth-order valence-electron chi connectivity index (χ4n) is 1.76. The van der Waals surface area contributed by atoms with Crippen molar-refractivity contribution in [1.29, 1.82) is 0 Å². The normalized spacial score (nSPS) is 31.8. The van der Waals surface area contributed by atoms with Gasteiger partial charge in [0, 0.05) is 6.20 Å². The zero-order valence-electron chi connectivity index (χ0n) is 8.99. The number of aromatic nitrogens is 2. The van der Waals surface area contributed by atoms with Crippen LogP contribution >= 0.6 is 11.6 Å². The zero-order valence-corrected chi connectivity index (χ0v) is 9.74. The van der Waals surface area contributed by atoms with E-state index in [-0.39, 0.29) is 5.02 Å². The minimum atomic E-state index is -1.41. The number of hydrogen-bond acceptors (Lipinski definition) is 6. The topological polar surface area (TPSA) is 125 Å². The molecule has 2 rings (SSSR count). The lowest BCUT2D eigenvalue weighted by molar-refractivity contribution is -0.0550. The van der Waals surface area contributed by atoms with Gasteiger partial charge in [-0.05, 0) is 0 Å². The molecule has 0 saturated carbocycles. The molecule has 0 spiro atoms. The van der Waals surface area contributed by atoms with Crippen molar-refractivity contribution >= 4 is 11.6 Å². The molecule has 0 aromatic carbocycles. The Labute approximate surface area is 105 Å². The molecule has 0 bridgehead atoms. The van der Waals surface area contributed by atoms with Crippen molar-refractivity contribution in [2.45, 2.75) is 24.5 Å². The number of aliphatic hydroxyl groups is 3. The van der Waals surface area contributed by atoms with E-state index in [4.69, 9.17) is 21.4 Å². The van der Waals surface area contributed by atoms with E-state index in [9.17, 15) is 19.8 Å². The number of hydrogen-bond donors (Lipinski definition) is 4. The molecule has 1 aliphatic heterocycles. The first-order valence-electron chi connectivity index (χ1n) is 5.09. The molecule has 0 amide bonds. The van der Waals surface area contributed by atoms with Gasteiger partial charge in [-0.1, -0.05) is 11.6 Å². The molecule has 4 N–H and O–H groups in total. The van der Waals surface area contributed by atoms with Gasteiger partial charge in [-0.3, -0.25) is 14.3 Å². The first-order valence-corrected chi connectivity index (χ1v) is 5.47. The third-order valence-electron chi connectivity index (χ3n) is 2.72. The number of rotatable bonds is 2. The van der Waals surface area contributed by atoms with Crippen LogP contribution in [-0.4, -0.2) is 49.8 Å². The molecule has 8 nitrogen and oxygen atoms in total. The number of H-pyrrole nitrogens is 1. The minimum absolute atomic E-state index is 0.257. The van der Waals surface area contributed by atoms with Gasteiger partial charge in [0.1, 0.15) is 23.3 Å². The maximum Gasteiger partial charge on any atom is 0.330 e. The monoisotopic (exact) mass is 278 g/mol. The minimum Gasteiger partial charge on any atom is -0.394 e. The van der Waals surface area contributed by atoms with E-state index in [0.717, 1.165) is 10.8 Å². The van der Waals surface area contributed by atoms with Crippen molar-refractivity contribution in [2.24, 2.45) is 0 Å². The van der Waals surface area contributed by atoms with E-state index >= 15 is 0 Å². The predicted octanol–water partition coefficient (Wildman–Crippen LogP) is -2.20. The Kier molecular flexibility index (Phi) is 3.55. The molecule has 1 fully saturated rings. The Hall–Kier alpha value is -1.19. The maximum atomic E-state index is 11.5. The molecule has 100 valence electrons. The largest absolute Gasteiger partial charge is 0.394 e. The van der Waals surface area contributed by atoms with Crippen LogP contribution in [0.3, 0.4) is 0 Å². The lowest BCUT2D eigenvalue weighted by Gasteiger charge is -2.17. The van der Waals surface area contributed by atoms with Gasteiger partial charge in [-0.25, -0.2) is 4.79 Å². The summed E-state index contributed by atoms with van der Waals surface area (Å²) in [5, 5.41) is 27.9. The third-order valence-corrected chi connectivity index (χ3v) is 2.98. The van der Waals surface area contributed by atoms with Crippen LogP contribution in [0.1, 0.15) is 6.23 Å². The van der Waals surface area contributed by atoms with Crippen molar-refractivity contribution in [3.05, 3.63) is 32.1 Å². The number of nitrogens with one attached hydrogen (secondary N) is 1. The van der Waals surface area contributed by atoms with E-state index in [1.54, 1.807) is 0 Å². The van der Waals surface area contributed by atoms with Crippen molar-refractivity contribution in [1.82, 2.24) is 9.55 Å². The highest BCUT2D eigenvalue weighted by Crippen LogP contribution is 2.28. The van der Waals surface area contributed by atoms with Gasteiger partial charge in [0.15, 0.2) is 6.23 Å². The summed E-state index contributed by atoms with van der Waals surface area (Å²) in [6.07, 6.45) is -3.98. The smallest absolute Gasteiger partial charge is 0.330 e. The Bertz CT molecular complexity index is 555. The first-order chi connectivity index (χ1) is 8.45. The fourth-order valence-corrected chi connectivity index (χ4v) is 1.91. The average molecular weight is 279 g/mol. The number of aliphatic hydroxyl groups excluding tert-OH is 3. The highest BCUT2D eigenvalue weighted by atomic mass is 35.5. The van der Waals surface area contributed by atoms with E-state index in [1.807, 2.05) is 4.98 Å². The van der Waals surface area contributed by atoms with Crippen LogP contribution in [-0.2, 0) is 4.74 Å². The molecule has 0 radical (unpaired) electrons. The molecule has 18 heavy (non-hydrogen) atoms. The standard InChI is InChI=1S/C9H11ClN2O6/c10-3-1-12(9(17)11-7(3)16)8-6(15)5(14)4(2-13)18-8/h1,4-6,8,13-15H,2H2,(H,11,16,17)/t4-,5+,6-,8+/m0/s1. The van der Waals surface area contributed by atoms with Gasteiger partial charge >= 0.3 is 5.69 Å². The van der Waals surface area contributed by atoms with Crippen LogP contribution in [0.2, 0.25) is 5.02 Å². The summed E-state index contributed by atoms with van der Waals surface area (Å²) in [5.74, 6) is 0. The molecule has 2 heterocycles. The second-order valence-electron chi connectivity index (χ2n) is 3.87. The number of aromatic amines is 1. The van der Waals surface area contributed by atoms with Crippen LogP contribution < -0.4 is 11.2 Å². The average Bonchev–Trinajstić information content (AvgIpc) is 2.61. The van der Waals surface area contributed by atoms with Gasteiger partial charge in [-0.15, -0.1) is 0 Å². The molecule has 0 unspecified atom stereocenters. The summed E-state index contributed by atoms with van der Waals surface area (Å²) >= 11 is 5.57. The quantitative estimate of drug-likeness (QED) is 0.487. The highest BCUT2D eigenvalue weighted by molar-refractivity contribution is 6.30. The number of halogens is 1. The molecular weight excluding hydrogens is 268 g/mol. The molecular formula is C9H11ClN2O6. The Morgan fingerprint density at radius 2 is 2.06 bits per heavy atom. The Morgan fingerprint density at radius 1 is 1.39 bits per heavy atom. The molecule has 1 aliphatic rings. The van der Waals surface area contributed by atoms with Crippen molar-refractivity contribution in [3.8, 4) is 0 Å². The van der Waals surface area contributed by atoms with Crippen molar-refractivity contribution in [3.63, 3.8) is 0 Å². The van der Waals surface area contributed by atoms with E-state index in [2.05, 4.69) is 0 Å².